The van der Waals surface area contributed by atoms with Gasteiger partial charge in [-0.15, -0.1) is 0 Å². The van der Waals surface area contributed by atoms with Crippen molar-refractivity contribution < 1.29 is 9.84 Å². The number of aliphatic hydroxyl groups is 1. The standard InChI is InChI=1S/C16H20N2O2/c1-13-5-4-7-16(9-13)20-12-15(19)11-17-10-14-6-2-3-8-18-14/h2-9,15,17,19H,10-12H2,1H3. The van der Waals surface area contributed by atoms with Gasteiger partial charge in [0.2, 0.25) is 0 Å². The second kappa shape index (κ2) is 7.62. The minimum Gasteiger partial charge on any atom is -0.491 e. The Morgan fingerprint density at radius 3 is 2.90 bits per heavy atom. The summed E-state index contributed by atoms with van der Waals surface area (Å²) >= 11 is 0. The van der Waals surface area contributed by atoms with E-state index in [2.05, 4.69) is 10.3 Å². The van der Waals surface area contributed by atoms with Crippen molar-refractivity contribution in [2.75, 3.05) is 13.2 Å². The van der Waals surface area contributed by atoms with Crippen molar-refractivity contribution in [3.05, 3.63) is 59.9 Å². The van der Waals surface area contributed by atoms with E-state index in [-0.39, 0.29) is 6.61 Å². The fraction of sp³-hybridized carbons (Fsp3) is 0.312. The van der Waals surface area contributed by atoms with Crippen LogP contribution in [0, 0.1) is 6.92 Å². The van der Waals surface area contributed by atoms with Crippen LogP contribution in [0.3, 0.4) is 0 Å². The molecule has 0 aliphatic carbocycles. The van der Waals surface area contributed by atoms with Crippen molar-refractivity contribution in [1.82, 2.24) is 10.3 Å². The number of hydrogen-bond donors (Lipinski definition) is 2. The zero-order valence-corrected chi connectivity index (χ0v) is 11.6. The number of nitrogens with one attached hydrogen (secondary N) is 1. The van der Waals surface area contributed by atoms with E-state index < -0.39 is 6.10 Å². The molecule has 1 aromatic carbocycles. The highest BCUT2D eigenvalue weighted by Gasteiger charge is 2.05. The molecule has 0 spiro atoms. The van der Waals surface area contributed by atoms with Gasteiger partial charge >= 0.3 is 0 Å². The van der Waals surface area contributed by atoms with Gasteiger partial charge in [-0.2, -0.15) is 0 Å². The van der Waals surface area contributed by atoms with E-state index in [4.69, 9.17) is 4.74 Å². The second-order valence-corrected chi connectivity index (χ2v) is 4.73. The lowest BCUT2D eigenvalue weighted by molar-refractivity contribution is 0.106. The molecule has 1 atom stereocenters. The van der Waals surface area contributed by atoms with Crippen LogP contribution in [-0.2, 0) is 6.54 Å². The Labute approximate surface area is 119 Å². The molecule has 2 rings (SSSR count). The van der Waals surface area contributed by atoms with Gasteiger partial charge in [-0.05, 0) is 36.8 Å². The van der Waals surface area contributed by atoms with Crippen LogP contribution in [0.15, 0.2) is 48.7 Å². The van der Waals surface area contributed by atoms with Gasteiger partial charge in [-0.1, -0.05) is 18.2 Å². The summed E-state index contributed by atoms with van der Waals surface area (Å²) in [6.07, 6.45) is 1.22. The molecule has 1 aromatic heterocycles. The number of aromatic nitrogens is 1. The first-order chi connectivity index (χ1) is 9.74. The first-order valence-electron chi connectivity index (χ1n) is 6.72. The Hall–Kier alpha value is -1.91. The normalized spacial score (nSPS) is 12.1. The van der Waals surface area contributed by atoms with E-state index in [1.165, 1.54) is 0 Å². The van der Waals surface area contributed by atoms with Crippen LogP contribution < -0.4 is 10.1 Å². The summed E-state index contributed by atoms with van der Waals surface area (Å²) in [5.74, 6) is 0.786. The fourth-order valence-corrected chi connectivity index (χ4v) is 1.83. The largest absolute Gasteiger partial charge is 0.491 e. The second-order valence-electron chi connectivity index (χ2n) is 4.73. The molecule has 1 heterocycles. The van der Waals surface area contributed by atoms with Gasteiger partial charge in [0, 0.05) is 19.3 Å². The molecular weight excluding hydrogens is 252 g/mol. The lowest BCUT2D eigenvalue weighted by atomic mass is 10.2. The highest BCUT2D eigenvalue weighted by atomic mass is 16.5. The minimum absolute atomic E-state index is 0.276. The van der Waals surface area contributed by atoms with Crippen molar-refractivity contribution in [3.63, 3.8) is 0 Å². The number of aliphatic hydroxyl groups excluding tert-OH is 1. The molecule has 106 valence electrons. The maximum Gasteiger partial charge on any atom is 0.119 e. The third-order valence-electron chi connectivity index (χ3n) is 2.84. The van der Waals surface area contributed by atoms with E-state index in [9.17, 15) is 5.11 Å². The average Bonchev–Trinajstić information content (AvgIpc) is 2.46. The molecule has 0 saturated heterocycles. The first kappa shape index (κ1) is 14.5. The van der Waals surface area contributed by atoms with E-state index >= 15 is 0 Å². The van der Waals surface area contributed by atoms with Crippen molar-refractivity contribution in [2.24, 2.45) is 0 Å². The van der Waals surface area contributed by atoms with E-state index in [0.29, 0.717) is 13.1 Å². The predicted octanol–water partition coefficient (Wildman–Crippen LogP) is 1.92. The Morgan fingerprint density at radius 1 is 1.25 bits per heavy atom. The third kappa shape index (κ3) is 4.99. The molecule has 0 aliphatic rings. The summed E-state index contributed by atoms with van der Waals surface area (Å²) < 4.78 is 5.55. The van der Waals surface area contributed by atoms with E-state index in [1.807, 2.05) is 49.4 Å². The topological polar surface area (TPSA) is 54.4 Å². The van der Waals surface area contributed by atoms with Gasteiger partial charge in [0.25, 0.3) is 0 Å². The molecule has 2 aromatic rings. The summed E-state index contributed by atoms with van der Waals surface area (Å²) in [7, 11) is 0. The Bertz CT molecular complexity index is 517. The summed E-state index contributed by atoms with van der Waals surface area (Å²) in [5, 5.41) is 13.0. The molecule has 0 aliphatic heterocycles. The van der Waals surface area contributed by atoms with Crippen molar-refractivity contribution >= 4 is 0 Å². The number of rotatable bonds is 7. The van der Waals surface area contributed by atoms with E-state index in [0.717, 1.165) is 17.0 Å². The minimum atomic E-state index is -0.542. The lowest BCUT2D eigenvalue weighted by Gasteiger charge is -2.13. The summed E-state index contributed by atoms with van der Waals surface area (Å²) in [4.78, 5) is 4.20. The van der Waals surface area contributed by atoms with Gasteiger partial charge in [-0.25, -0.2) is 0 Å². The molecule has 2 N–H and O–H groups in total. The number of nitrogens with zero attached hydrogens (tertiary/aromatic N) is 1. The number of benzene rings is 1. The van der Waals surface area contributed by atoms with Gasteiger partial charge in [-0.3, -0.25) is 4.98 Å². The highest BCUT2D eigenvalue weighted by Crippen LogP contribution is 2.12. The van der Waals surface area contributed by atoms with E-state index in [1.54, 1.807) is 6.20 Å². The van der Waals surface area contributed by atoms with Crippen LogP contribution in [0.25, 0.3) is 0 Å². The predicted molar refractivity (Wildman–Crippen MR) is 78.6 cm³/mol. The number of aryl methyl sites for hydroxylation is 1. The molecule has 0 radical (unpaired) electrons. The zero-order chi connectivity index (χ0) is 14.2. The van der Waals surface area contributed by atoms with Crippen LogP contribution in [0.5, 0.6) is 5.75 Å². The SMILES string of the molecule is Cc1cccc(OCC(O)CNCc2ccccn2)c1. The Kier molecular flexibility index (Phi) is 5.53. The van der Waals surface area contributed by atoms with Crippen molar-refractivity contribution in [3.8, 4) is 5.75 Å². The van der Waals surface area contributed by atoms with Crippen LogP contribution in [0.1, 0.15) is 11.3 Å². The average molecular weight is 272 g/mol. The van der Waals surface area contributed by atoms with Crippen molar-refractivity contribution in [1.29, 1.82) is 0 Å². The van der Waals surface area contributed by atoms with Gasteiger partial charge in [0.1, 0.15) is 18.5 Å². The molecular formula is C16H20N2O2. The number of pyridine rings is 1. The smallest absolute Gasteiger partial charge is 0.119 e. The summed E-state index contributed by atoms with van der Waals surface area (Å²) in [6.45, 7) is 3.40. The molecule has 0 saturated carbocycles. The third-order valence-corrected chi connectivity index (χ3v) is 2.84. The molecule has 0 bridgehead atoms. The van der Waals surface area contributed by atoms with Gasteiger partial charge < -0.3 is 15.2 Å². The first-order valence-corrected chi connectivity index (χ1v) is 6.72. The lowest BCUT2D eigenvalue weighted by Crippen LogP contribution is -2.31. The molecule has 1 unspecified atom stereocenters. The molecule has 0 amide bonds. The van der Waals surface area contributed by atoms with Crippen LogP contribution in [0.4, 0.5) is 0 Å². The molecule has 20 heavy (non-hydrogen) atoms. The molecule has 4 nitrogen and oxygen atoms in total. The molecule has 4 heteroatoms. The summed E-state index contributed by atoms with van der Waals surface area (Å²) in [5.41, 5.74) is 2.10. The maximum atomic E-state index is 9.85. The quantitative estimate of drug-likeness (QED) is 0.808. The van der Waals surface area contributed by atoms with Crippen LogP contribution in [0.2, 0.25) is 0 Å². The molecule has 0 fully saturated rings. The van der Waals surface area contributed by atoms with Gasteiger partial charge in [0.15, 0.2) is 0 Å². The Morgan fingerprint density at radius 2 is 2.15 bits per heavy atom. The van der Waals surface area contributed by atoms with Crippen LogP contribution >= 0.6 is 0 Å². The fourth-order valence-electron chi connectivity index (χ4n) is 1.83. The van der Waals surface area contributed by atoms with Crippen molar-refractivity contribution in [2.45, 2.75) is 19.6 Å². The van der Waals surface area contributed by atoms with Gasteiger partial charge in [0.05, 0.1) is 5.69 Å². The Balaban J connectivity index is 1.67. The highest BCUT2D eigenvalue weighted by molar-refractivity contribution is 5.27. The summed E-state index contributed by atoms with van der Waals surface area (Å²) in [6, 6.07) is 13.6. The monoisotopic (exact) mass is 272 g/mol. The van der Waals surface area contributed by atoms with Crippen LogP contribution in [-0.4, -0.2) is 29.3 Å². The zero-order valence-electron chi connectivity index (χ0n) is 11.6. The maximum absolute atomic E-state index is 9.85. The number of ether oxygens (including phenoxy) is 1. The number of hydrogen-bond acceptors (Lipinski definition) is 4.